The molecular weight excluding hydrogens is 925 g/mol. The largest absolute Gasteiger partial charge is 0.460 e. The summed E-state index contributed by atoms with van der Waals surface area (Å²) in [6.07, 6.45) is 36.3. The molecular formula is C69H122O6. The topological polar surface area (TPSA) is 71.1 Å². The molecule has 434 valence electrons. The van der Waals surface area contributed by atoms with E-state index in [1.54, 1.807) is 11.1 Å². The molecule has 0 heterocycles. The Balaban J connectivity index is 0.00000260. The third-order valence-corrected chi connectivity index (χ3v) is 24.1. The summed E-state index contributed by atoms with van der Waals surface area (Å²) in [6.45, 7) is 27.3. The van der Waals surface area contributed by atoms with Crippen LogP contribution in [-0.2, 0) is 28.5 Å². The molecule has 0 radical (unpaired) electrons. The number of carbonyl (C=O) groups excluding carboxylic acids is 2. The zero-order chi connectivity index (χ0) is 50.5. The second-order valence-corrected chi connectivity index (χ2v) is 29.0. The van der Waals surface area contributed by atoms with Gasteiger partial charge in [-0.1, -0.05) is 161 Å². The van der Waals surface area contributed by atoms with E-state index in [9.17, 15) is 9.59 Å². The van der Waals surface area contributed by atoms with Gasteiger partial charge >= 0.3 is 11.9 Å². The fraction of sp³-hybridized carbons (Fsp3) is 0.913. The minimum Gasteiger partial charge on any atom is -0.460 e. The highest BCUT2D eigenvalue weighted by atomic mass is 16.6. The fourth-order valence-corrected chi connectivity index (χ4v) is 19.9. The summed E-state index contributed by atoms with van der Waals surface area (Å²) < 4.78 is 24.9. The van der Waals surface area contributed by atoms with Gasteiger partial charge in [0.05, 0.1) is 11.7 Å². The molecule has 0 aromatic rings. The lowest BCUT2D eigenvalue weighted by Gasteiger charge is -2.58. The minimum absolute atomic E-state index is 0. The van der Waals surface area contributed by atoms with Crippen molar-refractivity contribution in [3.63, 3.8) is 0 Å². The van der Waals surface area contributed by atoms with E-state index in [-0.39, 0.29) is 84.0 Å². The van der Waals surface area contributed by atoms with Crippen molar-refractivity contribution >= 4 is 11.9 Å². The summed E-state index contributed by atoms with van der Waals surface area (Å²) in [7, 11) is 0. The zero-order valence-electron chi connectivity index (χ0n) is 47.6. The summed E-state index contributed by atoms with van der Waals surface area (Å²) in [6, 6.07) is 0. The standard InChI is InChI=1S/C65H106O6.4CH4/c1-42(2)14-12-16-44(5)53-22-24-55-51-20-18-46-38-49(28-34-62(46,8)57(51)30-36-64(53,55)10)70-59(66)40-68-48-26-32-61(7,33-27-48)69-41-60(67)71-50-29-35-63(9)47(39-50)19-21-52-56-25-23-54(45(6)17-13-15-43(3)4)65(56,11)37-31-58(52)63;;;;/h18-19,42-45,48-58H,12-17,20-41H2,1-11H3;4*1H4. The Kier molecular flexibility index (Phi) is 22.1. The van der Waals surface area contributed by atoms with Crippen molar-refractivity contribution in [3.05, 3.63) is 23.3 Å². The summed E-state index contributed by atoms with van der Waals surface area (Å²) in [4.78, 5) is 26.6. The summed E-state index contributed by atoms with van der Waals surface area (Å²) in [5.74, 6) is 9.52. The van der Waals surface area contributed by atoms with Gasteiger partial charge in [-0.3, -0.25) is 0 Å². The van der Waals surface area contributed by atoms with E-state index >= 15 is 0 Å². The van der Waals surface area contributed by atoms with E-state index in [4.69, 9.17) is 18.9 Å². The van der Waals surface area contributed by atoms with Gasteiger partial charge in [0.1, 0.15) is 25.4 Å². The lowest BCUT2D eigenvalue weighted by molar-refractivity contribution is -0.169. The third-order valence-electron chi connectivity index (χ3n) is 24.1. The Hall–Kier alpha value is -1.66. The first kappa shape index (κ1) is 64.2. The number of esters is 2. The smallest absolute Gasteiger partial charge is 0.332 e. The molecule has 7 fully saturated rings. The SMILES string of the molecule is C.C.C.C.CC(C)CCCC(C)C1CCC2C3CC=C4CC(OC(=O)COC5CCC(C)(OCC(=O)OC6CCC7(C)C(=CCC8C7CCC7(C)C(C(C)CCCC(C)C)CCC87)C6)CC5)CCC4(C)C3CCC12C. The van der Waals surface area contributed by atoms with Gasteiger partial charge in [-0.05, 0) is 215 Å². The summed E-state index contributed by atoms with van der Waals surface area (Å²) >= 11 is 0. The second kappa shape index (κ2) is 25.9. The second-order valence-electron chi connectivity index (χ2n) is 29.0. The van der Waals surface area contributed by atoms with Crippen molar-refractivity contribution in [1.29, 1.82) is 0 Å². The number of hydrogen-bond donors (Lipinski definition) is 0. The molecule has 0 aliphatic heterocycles. The highest BCUT2D eigenvalue weighted by Gasteiger charge is 2.61. The average Bonchev–Trinajstić information content (AvgIpc) is 3.88. The van der Waals surface area contributed by atoms with Crippen molar-refractivity contribution in [2.45, 2.75) is 297 Å². The van der Waals surface area contributed by atoms with Crippen LogP contribution >= 0.6 is 0 Å². The Morgan fingerprint density at radius 2 is 0.907 bits per heavy atom. The predicted molar refractivity (Wildman–Crippen MR) is 315 cm³/mol. The molecule has 9 aliphatic rings. The van der Waals surface area contributed by atoms with Crippen LogP contribution in [0.5, 0.6) is 0 Å². The number of allylic oxidation sites excluding steroid dienone is 2. The third kappa shape index (κ3) is 13.1. The highest BCUT2D eigenvalue weighted by molar-refractivity contribution is 5.71. The number of ether oxygens (including phenoxy) is 4. The number of rotatable bonds is 18. The van der Waals surface area contributed by atoms with Crippen LogP contribution in [0.15, 0.2) is 23.3 Å². The van der Waals surface area contributed by atoms with Crippen molar-refractivity contribution in [1.82, 2.24) is 0 Å². The first-order chi connectivity index (χ1) is 33.7. The first-order valence-corrected chi connectivity index (χ1v) is 30.8. The molecule has 16 unspecified atom stereocenters. The predicted octanol–water partition coefficient (Wildman–Crippen LogP) is 19.2. The van der Waals surface area contributed by atoms with Gasteiger partial charge in [0.15, 0.2) is 0 Å². The van der Waals surface area contributed by atoms with E-state index in [2.05, 4.69) is 88.3 Å². The monoisotopic (exact) mass is 1050 g/mol. The molecule has 0 spiro atoms. The Bertz CT molecular complexity index is 1910. The average molecular weight is 1050 g/mol. The lowest BCUT2D eigenvalue weighted by atomic mass is 9.47. The summed E-state index contributed by atoms with van der Waals surface area (Å²) in [5.41, 5.74) is 4.25. The Morgan fingerprint density at radius 1 is 0.493 bits per heavy atom. The van der Waals surface area contributed by atoms with Crippen molar-refractivity contribution < 1.29 is 28.5 Å². The molecule has 6 nitrogen and oxygen atoms in total. The maximum atomic E-state index is 13.3. The molecule has 0 bridgehead atoms. The van der Waals surface area contributed by atoms with Crippen LogP contribution in [0.2, 0.25) is 0 Å². The van der Waals surface area contributed by atoms with Crippen molar-refractivity contribution in [2.75, 3.05) is 13.2 Å². The van der Waals surface area contributed by atoms with Crippen LogP contribution in [0, 0.1) is 92.7 Å². The van der Waals surface area contributed by atoms with Gasteiger partial charge in [0.25, 0.3) is 0 Å². The van der Waals surface area contributed by atoms with Crippen LogP contribution in [0.3, 0.4) is 0 Å². The minimum atomic E-state index is -0.393. The number of carbonyl (C=O) groups is 2. The van der Waals surface area contributed by atoms with Crippen molar-refractivity contribution in [2.24, 2.45) is 92.7 Å². The first-order valence-electron chi connectivity index (χ1n) is 30.8. The molecule has 0 saturated heterocycles. The van der Waals surface area contributed by atoms with Gasteiger partial charge in [0, 0.05) is 12.8 Å². The molecule has 0 amide bonds. The van der Waals surface area contributed by atoms with Gasteiger partial charge in [0.2, 0.25) is 0 Å². The van der Waals surface area contributed by atoms with E-state index in [1.165, 1.54) is 103 Å². The normalized spacial score (nSPS) is 41.4. The molecule has 9 rings (SSSR count). The van der Waals surface area contributed by atoms with E-state index in [0.29, 0.717) is 10.8 Å². The number of fused-ring (bicyclic) bond motifs is 10. The van der Waals surface area contributed by atoms with Gasteiger partial charge in [-0.15, -0.1) is 0 Å². The van der Waals surface area contributed by atoms with Crippen LogP contribution in [0.4, 0.5) is 0 Å². The maximum absolute atomic E-state index is 13.3. The molecule has 0 aromatic carbocycles. The molecule has 75 heavy (non-hydrogen) atoms. The van der Waals surface area contributed by atoms with Gasteiger partial charge in [-0.2, -0.15) is 0 Å². The fourth-order valence-electron chi connectivity index (χ4n) is 19.9. The van der Waals surface area contributed by atoms with E-state index < -0.39 is 5.60 Å². The number of hydrogen-bond acceptors (Lipinski definition) is 6. The van der Waals surface area contributed by atoms with Crippen LogP contribution in [-0.4, -0.2) is 49.1 Å². The summed E-state index contributed by atoms with van der Waals surface area (Å²) in [5, 5.41) is 0. The van der Waals surface area contributed by atoms with Crippen LogP contribution < -0.4 is 0 Å². The van der Waals surface area contributed by atoms with Crippen LogP contribution in [0.25, 0.3) is 0 Å². The molecule has 6 heteroatoms. The lowest BCUT2D eigenvalue weighted by Crippen LogP contribution is -2.51. The Morgan fingerprint density at radius 3 is 1.33 bits per heavy atom. The Labute approximate surface area is 464 Å². The van der Waals surface area contributed by atoms with E-state index in [1.807, 2.05) is 0 Å². The van der Waals surface area contributed by atoms with Crippen molar-refractivity contribution in [3.8, 4) is 0 Å². The van der Waals surface area contributed by atoms with Gasteiger partial charge < -0.3 is 18.9 Å². The molecule has 7 saturated carbocycles. The molecule has 0 aromatic heterocycles. The highest BCUT2D eigenvalue weighted by Crippen LogP contribution is 2.69. The zero-order valence-corrected chi connectivity index (χ0v) is 47.6. The molecule has 9 aliphatic carbocycles. The quantitative estimate of drug-likeness (QED) is 0.101. The van der Waals surface area contributed by atoms with Gasteiger partial charge in [-0.25, -0.2) is 9.59 Å². The molecule has 16 atom stereocenters. The molecule has 0 N–H and O–H groups in total. The van der Waals surface area contributed by atoms with E-state index in [0.717, 1.165) is 135 Å². The van der Waals surface area contributed by atoms with Crippen LogP contribution in [0.1, 0.15) is 273 Å². The maximum Gasteiger partial charge on any atom is 0.332 e.